The third-order valence-corrected chi connectivity index (χ3v) is 4.18. The number of nitrogens with zero attached hydrogens (tertiary/aromatic N) is 1. The molecule has 0 radical (unpaired) electrons. The normalized spacial score (nSPS) is 13.0. The first kappa shape index (κ1) is 15.9. The zero-order valence-electron chi connectivity index (χ0n) is 11.4. The van der Waals surface area contributed by atoms with Gasteiger partial charge in [0.05, 0.1) is 5.75 Å². The van der Waals surface area contributed by atoms with Gasteiger partial charge in [0.25, 0.3) is 0 Å². The Morgan fingerprint density at radius 2 is 1.44 bits per heavy atom. The first-order chi connectivity index (χ1) is 7.29. The third kappa shape index (κ3) is 6.48. The van der Waals surface area contributed by atoms with Crippen molar-refractivity contribution < 1.29 is 8.42 Å². The predicted molar refractivity (Wildman–Crippen MR) is 69.9 cm³/mol. The summed E-state index contributed by atoms with van der Waals surface area (Å²) >= 11 is 0. The molecule has 0 spiro atoms. The lowest BCUT2D eigenvalue weighted by Crippen LogP contribution is -2.38. The van der Waals surface area contributed by atoms with Crippen LogP contribution in [0.15, 0.2) is 0 Å². The van der Waals surface area contributed by atoms with Crippen LogP contribution >= 0.6 is 0 Å². The fourth-order valence-electron chi connectivity index (χ4n) is 1.57. The maximum Gasteiger partial charge on any atom is 0.214 e. The second-order valence-electron chi connectivity index (χ2n) is 5.27. The summed E-state index contributed by atoms with van der Waals surface area (Å²) in [5.74, 6) is 1.06. The SMILES string of the molecule is CCCCS(=O)(=O)N(CC(C)C)CC(C)C. The van der Waals surface area contributed by atoms with Gasteiger partial charge in [-0.3, -0.25) is 0 Å². The maximum absolute atomic E-state index is 12.1. The zero-order chi connectivity index (χ0) is 12.8. The van der Waals surface area contributed by atoms with Crippen LogP contribution in [0.25, 0.3) is 0 Å². The second kappa shape index (κ2) is 7.28. The Kier molecular flexibility index (Phi) is 7.24. The Bertz CT molecular complexity index is 261. The molecule has 98 valence electrons. The van der Waals surface area contributed by atoms with Gasteiger partial charge >= 0.3 is 0 Å². The summed E-state index contributed by atoms with van der Waals surface area (Å²) in [4.78, 5) is 0. The number of unbranched alkanes of at least 4 members (excludes halogenated alkanes) is 1. The van der Waals surface area contributed by atoms with E-state index in [1.54, 1.807) is 4.31 Å². The summed E-state index contributed by atoms with van der Waals surface area (Å²) < 4.78 is 25.8. The molecule has 0 saturated heterocycles. The highest BCUT2D eigenvalue weighted by Gasteiger charge is 2.22. The van der Waals surface area contributed by atoms with Crippen LogP contribution in [-0.2, 0) is 10.0 Å². The molecule has 0 fully saturated rings. The fraction of sp³-hybridized carbons (Fsp3) is 1.00. The van der Waals surface area contributed by atoms with Gasteiger partial charge < -0.3 is 0 Å². The molecular formula is C12H27NO2S. The molecule has 0 aliphatic carbocycles. The van der Waals surface area contributed by atoms with Gasteiger partial charge in [-0.15, -0.1) is 0 Å². The number of rotatable bonds is 8. The molecule has 0 aliphatic heterocycles. The Hall–Kier alpha value is -0.0900. The molecule has 0 heterocycles. The van der Waals surface area contributed by atoms with Crippen molar-refractivity contribution >= 4 is 10.0 Å². The van der Waals surface area contributed by atoms with Crippen molar-refractivity contribution in [3.05, 3.63) is 0 Å². The van der Waals surface area contributed by atoms with Crippen molar-refractivity contribution in [2.75, 3.05) is 18.8 Å². The number of hydrogen-bond donors (Lipinski definition) is 0. The maximum atomic E-state index is 12.1. The molecule has 0 aromatic heterocycles. The van der Waals surface area contributed by atoms with E-state index in [4.69, 9.17) is 0 Å². The Morgan fingerprint density at radius 1 is 1.00 bits per heavy atom. The van der Waals surface area contributed by atoms with E-state index in [2.05, 4.69) is 27.7 Å². The first-order valence-electron chi connectivity index (χ1n) is 6.27. The second-order valence-corrected chi connectivity index (χ2v) is 7.36. The lowest BCUT2D eigenvalue weighted by Gasteiger charge is -2.25. The molecular weight excluding hydrogens is 222 g/mol. The van der Waals surface area contributed by atoms with E-state index >= 15 is 0 Å². The van der Waals surface area contributed by atoms with Gasteiger partial charge in [-0.05, 0) is 18.3 Å². The number of sulfonamides is 1. The van der Waals surface area contributed by atoms with Crippen LogP contribution < -0.4 is 0 Å². The quantitative estimate of drug-likeness (QED) is 0.663. The Morgan fingerprint density at radius 3 is 1.75 bits per heavy atom. The highest BCUT2D eigenvalue weighted by molar-refractivity contribution is 7.89. The van der Waals surface area contributed by atoms with Crippen LogP contribution in [0.1, 0.15) is 47.5 Å². The van der Waals surface area contributed by atoms with Crippen molar-refractivity contribution in [3.8, 4) is 0 Å². The van der Waals surface area contributed by atoms with Crippen molar-refractivity contribution in [2.24, 2.45) is 11.8 Å². The molecule has 0 aromatic rings. The molecule has 3 nitrogen and oxygen atoms in total. The topological polar surface area (TPSA) is 37.4 Å². The smallest absolute Gasteiger partial charge is 0.212 e. The average molecular weight is 249 g/mol. The van der Waals surface area contributed by atoms with Crippen LogP contribution in [0.2, 0.25) is 0 Å². The van der Waals surface area contributed by atoms with Gasteiger partial charge in [-0.25, -0.2) is 12.7 Å². The van der Waals surface area contributed by atoms with Crippen molar-refractivity contribution in [2.45, 2.75) is 47.5 Å². The molecule has 0 bridgehead atoms. The zero-order valence-corrected chi connectivity index (χ0v) is 12.2. The minimum Gasteiger partial charge on any atom is -0.212 e. The van der Waals surface area contributed by atoms with Crippen LogP contribution in [0.4, 0.5) is 0 Å². The van der Waals surface area contributed by atoms with E-state index < -0.39 is 10.0 Å². The van der Waals surface area contributed by atoms with Crippen molar-refractivity contribution in [1.29, 1.82) is 0 Å². The summed E-state index contributed by atoms with van der Waals surface area (Å²) in [7, 11) is -3.04. The van der Waals surface area contributed by atoms with Crippen LogP contribution in [0.5, 0.6) is 0 Å². The molecule has 0 atom stereocenters. The number of hydrogen-bond acceptors (Lipinski definition) is 2. The highest BCUT2D eigenvalue weighted by atomic mass is 32.2. The van der Waals surface area contributed by atoms with Gasteiger partial charge in [-0.2, -0.15) is 0 Å². The third-order valence-electron chi connectivity index (χ3n) is 2.29. The molecule has 0 rings (SSSR count). The molecule has 0 amide bonds. The van der Waals surface area contributed by atoms with E-state index in [9.17, 15) is 8.42 Å². The fourth-order valence-corrected chi connectivity index (χ4v) is 3.53. The van der Waals surface area contributed by atoms with Gasteiger partial charge in [0, 0.05) is 13.1 Å². The molecule has 0 saturated carbocycles. The largest absolute Gasteiger partial charge is 0.214 e. The standard InChI is InChI=1S/C12H27NO2S/c1-6-7-8-16(14,15)13(9-11(2)3)10-12(4)5/h11-12H,6-10H2,1-5H3. The van der Waals surface area contributed by atoms with Crippen LogP contribution in [0, 0.1) is 11.8 Å². The summed E-state index contributed by atoms with van der Waals surface area (Å²) in [5.41, 5.74) is 0. The summed E-state index contributed by atoms with van der Waals surface area (Å²) in [6.45, 7) is 11.5. The van der Waals surface area contributed by atoms with Crippen LogP contribution in [-0.4, -0.2) is 31.6 Å². The first-order valence-corrected chi connectivity index (χ1v) is 7.88. The van der Waals surface area contributed by atoms with E-state index in [1.165, 1.54) is 0 Å². The lowest BCUT2D eigenvalue weighted by molar-refractivity contribution is 0.333. The monoisotopic (exact) mass is 249 g/mol. The average Bonchev–Trinajstić information content (AvgIpc) is 2.12. The van der Waals surface area contributed by atoms with E-state index in [1.807, 2.05) is 6.92 Å². The highest BCUT2D eigenvalue weighted by Crippen LogP contribution is 2.11. The van der Waals surface area contributed by atoms with E-state index in [0.29, 0.717) is 30.7 Å². The summed E-state index contributed by atoms with van der Waals surface area (Å²) in [6, 6.07) is 0. The molecule has 0 aliphatic rings. The predicted octanol–water partition coefficient (Wildman–Crippen LogP) is 2.73. The minimum atomic E-state index is -3.04. The van der Waals surface area contributed by atoms with Crippen molar-refractivity contribution in [1.82, 2.24) is 4.31 Å². The Labute approximate surface area is 101 Å². The molecule has 0 aromatic carbocycles. The molecule has 16 heavy (non-hydrogen) atoms. The summed E-state index contributed by atoms with van der Waals surface area (Å²) in [6.07, 6.45) is 1.69. The summed E-state index contributed by atoms with van der Waals surface area (Å²) in [5, 5.41) is 0. The lowest BCUT2D eigenvalue weighted by atomic mass is 10.2. The molecule has 4 heteroatoms. The Balaban J connectivity index is 4.59. The van der Waals surface area contributed by atoms with Crippen molar-refractivity contribution in [3.63, 3.8) is 0 Å². The van der Waals surface area contributed by atoms with E-state index in [-0.39, 0.29) is 0 Å². The van der Waals surface area contributed by atoms with Gasteiger partial charge in [0.2, 0.25) is 10.0 Å². The van der Waals surface area contributed by atoms with Gasteiger partial charge in [-0.1, -0.05) is 41.0 Å². The molecule has 0 N–H and O–H groups in total. The van der Waals surface area contributed by atoms with Crippen LogP contribution in [0.3, 0.4) is 0 Å². The minimum absolute atomic E-state index is 0.295. The molecule has 0 unspecified atom stereocenters. The van der Waals surface area contributed by atoms with Gasteiger partial charge in [0.15, 0.2) is 0 Å². The van der Waals surface area contributed by atoms with Gasteiger partial charge in [0.1, 0.15) is 0 Å². The van der Waals surface area contributed by atoms with E-state index in [0.717, 1.165) is 12.8 Å².